The number of rotatable bonds is 8. The second-order valence-corrected chi connectivity index (χ2v) is 5.04. The van der Waals surface area contributed by atoms with Gasteiger partial charge in [0.2, 0.25) is 0 Å². The lowest BCUT2D eigenvalue weighted by Gasteiger charge is -2.25. The second kappa shape index (κ2) is 7.18. The Morgan fingerprint density at radius 1 is 1.19 bits per heavy atom. The first-order valence-corrected chi connectivity index (χ1v) is 6.69. The van der Waals surface area contributed by atoms with Gasteiger partial charge in [0, 0.05) is 27.3 Å². The van der Waals surface area contributed by atoms with Crippen molar-refractivity contribution >= 4 is 10.2 Å². The Kier molecular flexibility index (Phi) is 7.09. The molecule has 6 nitrogen and oxygen atoms in total. The van der Waals surface area contributed by atoms with E-state index in [1.807, 2.05) is 0 Å². The van der Waals surface area contributed by atoms with Crippen LogP contribution in [0.25, 0.3) is 0 Å². The summed E-state index contributed by atoms with van der Waals surface area (Å²) in [6.07, 6.45) is -0.592. The van der Waals surface area contributed by atoms with E-state index in [0.717, 1.165) is 0 Å². The Morgan fingerprint density at radius 2 is 1.62 bits per heavy atom. The fourth-order valence-electron chi connectivity index (χ4n) is 1.43. The average Bonchev–Trinajstić information content (AvgIpc) is 2.19. The molecular formula is C9H22N2O4S. The first-order valence-electron chi connectivity index (χ1n) is 5.25. The van der Waals surface area contributed by atoms with Gasteiger partial charge in [0.05, 0.1) is 6.04 Å². The van der Waals surface area contributed by atoms with Crippen LogP contribution in [-0.4, -0.2) is 52.4 Å². The third-order valence-corrected chi connectivity index (χ3v) is 4.12. The van der Waals surface area contributed by atoms with Crippen molar-refractivity contribution in [3.63, 3.8) is 0 Å². The Labute approximate surface area is 98.1 Å². The highest BCUT2D eigenvalue weighted by molar-refractivity contribution is 7.87. The highest BCUT2D eigenvalue weighted by atomic mass is 32.2. The van der Waals surface area contributed by atoms with Gasteiger partial charge in [-0.05, 0) is 6.92 Å². The molecule has 1 unspecified atom stereocenters. The molecule has 0 rings (SSSR count). The molecule has 0 aliphatic rings. The quantitative estimate of drug-likeness (QED) is 0.627. The molecule has 0 spiro atoms. The number of nitrogens with one attached hydrogen (secondary N) is 1. The van der Waals surface area contributed by atoms with Gasteiger partial charge in [0.15, 0.2) is 6.29 Å². The van der Waals surface area contributed by atoms with Gasteiger partial charge in [-0.3, -0.25) is 0 Å². The fourth-order valence-corrected chi connectivity index (χ4v) is 2.84. The summed E-state index contributed by atoms with van der Waals surface area (Å²) in [7, 11) is -0.526. The molecule has 0 aromatic rings. The van der Waals surface area contributed by atoms with Gasteiger partial charge in [-0.2, -0.15) is 17.4 Å². The van der Waals surface area contributed by atoms with E-state index in [1.54, 1.807) is 20.8 Å². The minimum Gasteiger partial charge on any atom is -0.354 e. The van der Waals surface area contributed by atoms with Gasteiger partial charge < -0.3 is 9.47 Å². The van der Waals surface area contributed by atoms with Crippen LogP contribution in [0, 0.1) is 0 Å². The number of ether oxygens (including phenoxy) is 2. The smallest absolute Gasteiger partial charge is 0.279 e. The minimum absolute atomic E-state index is 0.434. The van der Waals surface area contributed by atoms with E-state index >= 15 is 0 Å². The zero-order chi connectivity index (χ0) is 12.8. The van der Waals surface area contributed by atoms with E-state index in [0.29, 0.717) is 13.1 Å². The maximum atomic E-state index is 11.8. The summed E-state index contributed by atoms with van der Waals surface area (Å²) in [5.41, 5.74) is 0. The van der Waals surface area contributed by atoms with Crippen LogP contribution in [0.1, 0.15) is 20.8 Å². The lowest BCUT2D eigenvalue weighted by molar-refractivity contribution is -0.115. The molecule has 0 aromatic carbocycles. The molecule has 0 aliphatic heterocycles. The van der Waals surface area contributed by atoms with E-state index in [-0.39, 0.29) is 0 Å². The summed E-state index contributed by atoms with van der Waals surface area (Å²) >= 11 is 0. The van der Waals surface area contributed by atoms with Crippen molar-refractivity contribution in [2.75, 3.05) is 27.3 Å². The Balaban J connectivity index is 4.57. The van der Waals surface area contributed by atoms with Crippen molar-refractivity contribution in [1.29, 1.82) is 0 Å². The molecule has 7 heteroatoms. The van der Waals surface area contributed by atoms with Crippen LogP contribution in [0.15, 0.2) is 0 Å². The van der Waals surface area contributed by atoms with Crippen molar-refractivity contribution in [1.82, 2.24) is 9.03 Å². The van der Waals surface area contributed by atoms with Crippen molar-refractivity contribution in [2.45, 2.75) is 33.1 Å². The van der Waals surface area contributed by atoms with Crippen LogP contribution >= 0.6 is 0 Å². The molecule has 0 bridgehead atoms. The lowest BCUT2D eigenvalue weighted by Crippen LogP contribution is -2.49. The molecule has 16 heavy (non-hydrogen) atoms. The number of hydrogen-bond donors (Lipinski definition) is 1. The van der Waals surface area contributed by atoms with E-state index in [9.17, 15) is 8.42 Å². The van der Waals surface area contributed by atoms with Crippen molar-refractivity contribution < 1.29 is 17.9 Å². The summed E-state index contributed by atoms with van der Waals surface area (Å²) < 4.78 is 37.5. The first-order chi connectivity index (χ1) is 7.42. The minimum atomic E-state index is -3.46. The number of hydrogen-bond acceptors (Lipinski definition) is 4. The Bertz CT molecular complexity index is 273. The largest absolute Gasteiger partial charge is 0.354 e. The Morgan fingerprint density at radius 3 is 1.94 bits per heavy atom. The normalized spacial score (nSPS) is 14.7. The summed E-state index contributed by atoms with van der Waals surface area (Å²) in [6.45, 7) is 6.14. The predicted octanol–water partition coefficient (Wildman–Crippen LogP) is 0.170. The van der Waals surface area contributed by atoms with Crippen molar-refractivity contribution in [3.05, 3.63) is 0 Å². The SMILES string of the molecule is CCN(CC)S(=O)(=O)NC(C)C(OC)OC. The zero-order valence-corrected chi connectivity index (χ0v) is 11.4. The third-order valence-electron chi connectivity index (χ3n) is 2.25. The van der Waals surface area contributed by atoms with Crippen LogP contribution in [0.4, 0.5) is 0 Å². The van der Waals surface area contributed by atoms with Gasteiger partial charge in [0.25, 0.3) is 10.2 Å². The summed E-state index contributed by atoms with van der Waals surface area (Å²) in [4.78, 5) is 0. The van der Waals surface area contributed by atoms with Crippen molar-refractivity contribution in [2.24, 2.45) is 0 Å². The molecule has 0 aliphatic carbocycles. The molecule has 0 saturated heterocycles. The first kappa shape index (κ1) is 15.8. The van der Waals surface area contributed by atoms with Gasteiger partial charge >= 0.3 is 0 Å². The van der Waals surface area contributed by atoms with Crippen LogP contribution < -0.4 is 4.72 Å². The highest BCUT2D eigenvalue weighted by Crippen LogP contribution is 2.04. The summed E-state index contributed by atoms with van der Waals surface area (Å²) in [5.74, 6) is 0. The Hall–Kier alpha value is -0.210. The lowest BCUT2D eigenvalue weighted by atomic mass is 10.3. The molecule has 98 valence electrons. The van der Waals surface area contributed by atoms with Gasteiger partial charge in [0.1, 0.15) is 0 Å². The van der Waals surface area contributed by atoms with Crippen molar-refractivity contribution in [3.8, 4) is 0 Å². The monoisotopic (exact) mass is 254 g/mol. The fraction of sp³-hybridized carbons (Fsp3) is 1.00. The second-order valence-electron chi connectivity index (χ2n) is 3.34. The van der Waals surface area contributed by atoms with Crippen LogP contribution in [-0.2, 0) is 19.7 Å². The van der Waals surface area contributed by atoms with E-state index in [4.69, 9.17) is 9.47 Å². The average molecular weight is 254 g/mol. The molecule has 0 radical (unpaired) electrons. The molecule has 0 saturated carbocycles. The van der Waals surface area contributed by atoms with Gasteiger partial charge in [-0.1, -0.05) is 13.8 Å². The molecule has 1 N–H and O–H groups in total. The maximum absolute atomic E-state index is 11.8. The van der Waals surface area contributed by atoms with Crippen LogP contribution in [0.5, 0.6) is 0 Å². The summed E-state index contributed by atoms with van der Waals surface area (Å²) in [5, 5.41) is 0. The number of methoxy groups -OCH3 is 2. The van der Waals surface area contributed by atoms with Gasteiger partial charge in [-0.15, -0.1) is 0 Å². The van der Waals surface area contributed by atoms with Crippen LogP contribution in [0.2, 0.25) is 0 Å². The summed E-state index contributed by atoms with van der Waals surface area (Å²) in [6, 6.07) is -0.444. The molecule has 0 fully saturated rings. The predicted molar refractivity (Wildman–Crippen MR) is 62.2 cm³/mol. The molecular weight excluding hydrogens is 232 g/mol. The highest BCUT2D eigenvalue weighted by Gasteiger charge is 2.25. The number of nitrogens with zero attached hydrogens (tertiary/aromatic N) is 1. The van der Waals surface area contributed by atoms with Gasteiger partial charge in [-0.25, -0.2) is 0 Å². The van der Waals surface area contributed by atoms with E-state index in [1.165, 1.54) is 18.5 Å². The zero-order valence-electron chi connectivity index (χ0n) is 10.6. The maximum Gasteiger partial charge on any atom is 0.279 e. The molecule has 0 amide bonds. The molecule has 0 aromatic heterocycles. The topological polar surface area (TPSA) is 67.9 Å². The molecule has 0 heterocycles. The third kappa shape index (κ3) is 4.34. The van der Waals surface area contributed by atoms with E-state index in [2.05, 4.69) is 4.72 Å². The molecule has 1 atom stereocenters. The van der Waals surface area contributed by atoms with E-state index < -0.39 is 22.5 Å². The van der Waals surface area contributed by atoms with Crippen LogP contribution in [0.3, 0.4) is 0 Å². The standard InChI is InChI=1S/C9H22N2O4S/c1-6-11(7-2)16(12,13)10-8(3)9(14-4)15-5/h8-10H,6-7H2,1-5H3.